The first-order valence-electron chi connectivity index (χ1n) is 5.68. The number of halogens is 2. The van der Waals surface area contributed by atoms with E-state index in [0.717, 1.165) is 11.6 Å². The van der Waals surface area contributed by atoms with Crippen LogP contribution in [0.15, 0.2) is 35.7 Å². The van der Waals surface area contributed by atoms with Crippen molar-refractivity contribution in [1.29, 1.82) is 0 Å². The molecule has 1 aromatic heterocycles. The first-order valence-corrected chi connectivity index (χ1v) is 6.67. The van der Waals surface area contributed by atoms with Gasteiger partial charge in [0.05, 0.1) is 0 Å². The van der Waals surface area contributed by atoms with E-state index in [-0.39, 0.29) is 0 Å². The highest BCUT2D eigenvalue weighted by atomic mass is 32.2. The first kappa shape index (κ1) is 13.9. The highest BCUT2D eigenvalue weighted by molar-refractivity contribution is 7.99. The third-order valence-corrected chi connectivity index (χ3v) is 3.51. The smallest absolute Gasteiger partial charge is 0.187 e. The van der Waals surface area contributed by atoms with Gasteiger partial charge in [-0.05, 0) is 18.6 Å². The molecule has 3 nitrogen and oxygen atoms in total. The van der Waals surface area contributed by atoms with Crippen LogP contribution >= 0.6 is 11.8 Å². The predicted octanol–water partition coefficient (Wildman–Crippen LogP) is 2.86. The maximum atomic E-state index is 13.5. The summed E-state index contributed by atoms with van der Waals surface area (Å²) in [7, 11) is 0. The van der Waals surface area contributed by atoms with Crippen molar-refractivity contribution < 1.29 is 8.78 Å². The second-order valence-electron chi connectivity index (χ2n) is 4.13. The van der Waals surface area contributed by atoms with Crippen molar-refractivity contribution in [3.8, 4) is 0 Å². The van der Waals surface area contributed by atoms with Crippen molar-refractivity contribution in [2.45, 2.75) is 18.1 Å². The summed E-state index contributed by atoms with van der Waals surface area (Å²) >= 11 is 1.34. The molecular weight excluding hydrogens is 268 g/mol. The molecule has 0 spiro atoms. The van der Waals surface area contributed by atoms with Crippen LogP contribution in [0, 0.1) is 18.6 Å². The number of aromatic nitrogens is 2. The molecule has 0 aliphatic carbocycles. The van der Waals surface area contributed by atoms with Gasteiger partial charge in [-0.2, -0.15) is 0 Å². The largest absolute Gasteiger partial charge is 0.323 e. The van der Waals surface area contributed by atoms with Gasteiger partial charge in [-0.15, -0.1) is 0 Å². The molecule has 2 rings (SSSR count). The van der Waals surface area contributed by atoms with Crippen molar-refractivity contribution in [3.63, 3.8) is 0 Å². The Hall–Kier alpha value is -1.53. The molecule has 1 unspecified atom stereocenters. The monoisotopic (exact) mass is 281 g/mol. The summed E-state index contributed by atoms with van der Waals surface area (Å²) in [6.07, 6.45) is 3.42. The van der Waals surface area contributed by atoms with E-state index >= 15 is 0 Å². The number of rotatable bonds is 4. The fraction of sp³-hybridized carbons (Fsp3) is 0.231. The third-order valence-electron chi connectivity index (χ3n) is 2.51. The highest BCUT2D eigenvalue weighted by Gasteiger charge is 2.13. The molecule has 0 fully saturated rings. The fourth-order valence-electron chi connectivity index (χ4n) is 1.51. The summed E-state index contributed by atoms with van der Waals surface area (Å²) in [5, 5.41) is 0.587. The maximum absolute atomic E-state index is 13.5. The normalized spacial score (nSPS) is 12.4. The molecule has 0 aliphatic heterocycles. The van der Waals surface area contributed by atoms with Crippen LogP contribution in [-0.4, -0.2) is 15.7 Å². The van der Waals surface area contributed by atoms with E-state index in [1.54, 1.807) is 12.4 Å². The Morgan fingerprint density at radius 3 is 2.58 bits per heavy atom. The van der Waals surface area contributed by atoms with E-state index < -0.39 is 17.7 Å². The van der Waals surface area contributed by atoms with Crippen LogP contribution in [0.1, 0.15) is 17.2 Å². The van der Waals surface area contributed by atoms with E-state index in [1.165, 1.54) is 23.9 Å². The number of aryl methyl sites for hydroxylation is 1. The van der Waals surface area contributed by atoms with Crippen LogP contribution in [0.25, 0.3) is 0 Å². The molecule has 1 aromatic carbocycles. The topological polar surface area (TPSA) is 51.8 Å². The average molecular weight is 281 g/mol. The highest BCUT2D eigenvalue weighted by Crippen LogP contribution is 2.22. The van der Waals surface area contributed by atoms with Crippen LogP contribution in [0.3, 0.4) is 0 Å². The summed E-state index contributed by atoms with van der Waals surface area (Å²) in [5.74, 6) is -0.813. The Balaban J connectivity index is 2.01. The van der Waals surface area contributed by atoms with Crippen LogP contribution in [0.2, 0.25) is 0 Å². The SMILES string of the molecule is Cc1cnc(SCC(N)c2ccc(F)cc2F)nc1. The molecule has 0 saturated heterocycles. The molecule has 0 amide bonds. The number of benzene rings is 1. The Bertz CT molecular complexity index is 560. The van der Waals surface area contributed by atoms with Gasteiger partial charge in [0, 0.05) is 35.8 Å². The van der Waals surface area contributed by atoms with Gasteiger partial charge in [0.1, 0.15) is 11.6 Å². The second kappa shape index (κ2) is 6.08. The van der Waals surface area contributed by atoms with E-state index in [1.807, 2.05) is 6.92 Å². The molecule has 0 radical (unpaired) electrons. The van der Waals surface area contributed by atoms with Gasteiger partial charge in [0.15, 0.2) is 5.16 Å². The molecule has 100 valence electrons. The van der Waals surface area contributed by atoms with Gasteiger partial charge in [0.25, 0.3) is 0 Å². The van der Waals surface area contributed by atoms with E-state index in [2.05, 4.69) is 9.97 Å². The molecular formula is C13H13F2N3S. The van der Waals surface area contributed by atoms with Gasteiger partial charge in [-0.1, -0.05) is 17.8 Å². The quantitative estimate of drug-likeness (QED) is 0.691. The standard InChI is InChI=1S/C13H13F2N3S/c1-8-5-17-13(18-6-8)19-7-12(16)10-3-2-9(14)4-11(10)15/h2-6,12H,7,16H2,1H3. The Morgan fingerprint density at radius 1 is 1.26 bits per heavy atom. The zero-order chi connectivity index (χ0) is 13.8. The minimum Gasteiger partial charge on any atom is -0.323 e. The zero-order valence-electron chi connectivity index (χ0n) is 10.3. The molecule has 19 heavy (non-hydrogen) atoms. The lowest BCUT2D eigenvalue weighted by molar-refractivity contribution is 0.563. The Kier molecular flexibility index (Phi) is 4.44. The summed E-state index contributed by atoms with van der Waals surface area (Å²) in [6, 6.07) is 2.87. The first-order chi connectivity index (χ1) is 9.06. The predicted molar refractivity (Wildman–Crippen MR) is 70.8 cm³/mol. The molecule has 1 atom stereocenters. The zero-order valence-corrected chi connectivity index (χ0v) is 11.1. The third kappa shape index (κ3) is 3.71. The van der Waals surface area contributed by atoms with Gasteiger partial charge in [-0.3, -0.25) is 0 Å². The summed E-state index contributed by atoms with van der Waals surface area (Å²) in [4.78, 5) is 8.25. The van der Waals surface area contributed by atoms with Crippen molar-refractivity contribution in [3.05, 3.63) is 53.4 Å². The summed E-state index contributed by atoms with van der Waals surface area (Å²) in [6.45, 7) is 1.90. The molecule has 0 aliphatic rings. The molecule has 1 heterocycles. The lowest BCUT2D eigenvalue weighted by Gasteiger charge is -2.12. The lowest BCUT2D eigenvalue weighted by atomic mass is 10.1. The minimum absolute atomic E-state index is 0.293. The molecule has 6 heteroatoms. The summed E-state index contributed by atoms with van der Waals surface area (Å²) in [5.41, 5.74) is 7.15. The van der Waals surface area contributed by atoms with Crippen LogP contribution < -0.4 is 5.73 Å². The number of nitrogens with zero attached hydrogens (tertiary/aromatic N) is 2. The fourth-order valence-corrected chi connectivity index (χ4v) is 2.27. The molecule has 2 N–H and O–H groups in total. The average Bonchev–Trinajstić information content (AvgIpc) is 2.37. The molecule has 2 aromatic rings. The number of thioether (sulfide) groups is 1. The van der Waals surface area contributed by atoms with Gasteiger partial charge >= 0.3 is 0 Å². The van der Waals surface area contributed by atoms with Gasteiger partial charge in [0.2, 0.25) is 0 Å². The minimum atomic E-state index is -0.627. The Morgan fingerprint density at radius 2 is 1.95 bits per heavy atom. The lowest BCUT2D eigenvalue weighted by Crippen LogP contribution is -2.15. The van der Waals surface area contributed by atoms with E-state index in [0.29, 0.717) is 16.5 Å². The number of hydrogen-bond donors (Lipinski definition) is 1. The van der Waals surface area contributed by atoms with Crippen molar-refractivity contribution in [2.75, 3.05) is 5.75 Å². The number of hydrogen-bond acceptors (Lipinski definition) is 4. The maximum Gasteiger partial charge on any atom is 0.187 e. The second-order valence-corrected chi connectivity index (χ2v) is 5.11. The van der Waals surface area contributed by atoms with Crippen molar-refractivity contribution in [2.24, 2.45) is 5.73 Å². The molecule has 0 bridgehead atoms. The molecule has 0 saturated carbocycles. The van der Waals surface area contributed by atoms with E-state index in [9.17, 15) is 8.78 Å². The van der Waals surface area contributed by atoms with E-state index in [4.69, 9.17) is 5.73 Å². The van der Waals surface area contributed by atoms with Crippen LogP contribution in [0.5, 0.6) is 0 Å². The summed E-state index contributed by atoms with van der Waals surface area (Å²) < 4.78 is 26.3. The Labute approximate surface area is 114 Å². The van der Waals surface area contributed by atoms with Crippen LogP contribution in [0.4, 0.5) is 8.78 Å². The van der Waals surface area contributed by atoms with Crippen LogP contribution in [-0.2, 0) is 0 Å². The van der Waals surface area contributed by atoms with Crippen molar-refractivity contribution in [1.82, 2.24) is 9.97 Å². The van der Waals surface area contributed by atoms with Gasteiger partial charge in [-0.25, -0.2) is 18.7 Å². The van der Waals surface area contributed by atoms with Gasteiger partial charge < -0.3 is 5.73 Å². The number of nitrogens with two attached hydrogens (primary N) is 1. The van der Waals surface area contributed by atoms with Crippen molar-refractivity contribution >= 4 is 11.8 Å².